The molecule has 2 aliphatic rings. The summed E-state index contributed by atoms with van der Waals surface area (Å²) in [5, 5.41) is 5.71. The van der Waals surface area contributed by atoms with Gasteiger partial charge >= 0.3 is 6.03 Å². The molecule has 4 amide bonds. The molecule has 2 N–H and O–H groups in total. The minimum Gasteiger partial charge on any atom is -0.339 e. The average Bonchev–Trinajstić information content (AvgIpc) is 3.06. The van der Waals surface area contributed by atoms with E-state index in [4.69, 9.17) is 0 Å². The monoisotopic (exact) mass is 481 g/mol. The summed E-state index contributed by atoms with van der Waals surface area (Å²) in [5.74, 6) is -0.857. The zero-order valence-corrected chi connectivity index (χ0v) is 20.4. The van der Waals surface area contributed by atoms with E-state index in [-0.39, 0.29) is 42.4 Å². The maximum atomic E-state index is 13.7. The van der Waals surface area contributed by atoms with Gasteiger partial charge in [-0.1, -0.05) is 18.2 Å². The van der Waals surface area contributed by atoms with Gasteiger partial charge in [-0.3, -0.25) is 9.59 Å². The summed E-state index contributed by atoms with van der Waals surface area (Å²) in [7, 11) is 0. The van der Waals surface area contributed by atoms with Crippen LogP contribution in [-0.4, -0.2) is 65.0 Å². The number of urea groups is 1. The molecule has 2 aromatic rings. The summed E-state index contributed by atoms with van der Waals surface area (Å²) >= 11 is 0. The molecule has 2 fully saturated rings. The van der Waals surface area contributed by atoms with Crippen molar-refractivity contribution in [3.63, 3.8) is 0 Å². The van der Waals surface area contributed by atoms with Crippen LogP contribution in [0.3, 0.4) is 0 Å². The number of benzene rings is 2. The van der Waals surface area contributed by atoms with Gasteiger partial charge in [-0.15, -0.1) is 0 Å². The highest BCUT2D eigenvalue weighted by molar-refractivity contribution is 5.99. The third-order valence-electron chi connectivity index (χ3n) is 6.40. The molecule has 0 saturated carbocycles. The summed E-state index contributed by atoms with van der Waals surface area (Å²) < 4.78 is 13.2. The number of nitrogens with zero attached hydrogens (tertiary/aromatic N) is 3. The van der Waals surface area contributed by atoms with Crippen LogP contribution in [0.15, 0.2) is 54.6 Å². The zero-order valence-electron chi connectivity index (χ0n) is 20.4. The van der Waals surface area contributed by atoms with E-state index in [1.54, 1.807) is 9.80 Å². The Morgan fingerprint density at radius 2 is 1.63 bits per heavy atom. The van der Waals surface area contributed by atoms with Gasteiger partial charge in [-0.2, -0.15) is 0 Å². The Hall–Kier alpha value is -3.62. The Morgan fingerprint density at radius 3 is 2.23 bits per heavy atom. The number of para-hydroxylation sites is 1. The maximum absolute atomic E-state index is 13.7. The normalized spacial score (nSPS) is 17.6. The van der Waals surface area contributed by atoms with Crippen molar-refractivity contribution in [1.29, 1.82) is 0 Å². The number of hydrogen-bond donors (Lipinski definition) is 2. The van der Waals surface area contributed by atoms with Crippen molar-refractivity contribution in [2.24, 2.45) is 0 Å². The molecule has 0 unspecified atom stereocenters. The van der Waals surface area contributed by atoms with E-state index < -0.39 is 5.54 Å². The van der Waals surface area contributed by atoms with Gasteiger partial charge in [0, 0.05) is 30.0 Å². The lowest BCUT2D eigenvalue weighted by molar-refractivity contribution is -0.136. The van der Waals surface area contributed by atoms with Gasteiger partial charge in [0.15, 0.2) is 0 Å². The van der Waals surface area contributed by atoms with Gasteiger partial charge in [-0.25, -0.2) is 9.18 Å². The number of carbonyl (C=O) groups excluding carboxylic acids is 3. The van der Waals surface area contributed by atoms with E-state index in [9.17, 15) is 18.8 Å². The number of anilines is 2. The number of likely N-dealkylation sites (tertiary alicyclic amines) is 1. The predicted octanol–water partition coefficient (Wildman–Crippen LogP) is 3.41. The minimum atomic E-state index is -0.823. The Morgan fingerprint density at radius 1 is 1.00 bits per heavy atom. The maximum Gasteiger partial charge on any atom is 0.317 e. The second kappa shape index (κ2) is 9.56. The summed E-state index contributed by atoms with van der Waals surface area (Å²) in [6.45, 7) is 6.83. The minimum absolute atomic E-state index is 0.116. The fourth-order valence-corrected chi connectivity index (χ4v) is 4.71. The first-order valence-electron chi connectivity index (χ1n) is 11.8. The number of amides is 4. The Labute approximate surface area is 205 Å². The van der Waals surface area contributed by atoms with Crippen molar-refractivity contribution < 1.29 is 18.8 Å². The van der Waals surface area contributed by atoms with Crippen LogP contribution in [0.5, 0.6) is 0 Å². The van der Waals surface area contributed by atoms with Crippen LogP contribution in [-0.2, 0) is 9.59 Å². The molecule has 2 aromatic carbocycles. The summed E-state index contributed by atoms with van der Waals surface area (Å²) in [4.78, 5) is 44.5. The Kier molecular flexibility index (Phi) is 6.69. The molecule has 0 bridgehead atoms. The van der Waals surface area contributed by atoms with E-state index >= 15 is 0 Å². The number of hydrogen-bond acceptors (Lipinski definition) is 4. The van der Waals surface area contributed by atoms with E-state index in [1.807, 2.05) is 51.1 Å². The topological polar surface area (TPSA) is 85.0 Å². The average molecular weight is 482 g/mol. The highest BCUT2D eigenvalue weighted by Gasteiger charge is 2.54. The first-order chi connectivity index (χ1) is 16.6. The van der Waals surface area contributed by atoms with Gasteiger partial charge in [0.1, 0.15) is 17.9 Å². The van der Waals surface area contributed by atoms with Gasteiger partial charge in [-0.05, 0) is 70.0 Å². The van der Waals surface area contributed by atoms with Crippen molar-refractivity contribution in [2.45, 2.75) is 44.7 Å². The van der Waals surface area contributed by atoms with Crippen LogP contribution >= 0.6 is 0 Å². The molecule has 186 valence electrons. The number of piperidine rings is 1. The fourth-order valence-electron chi connectivity index (χ4n) is 4.71. The van der Waals surface area contributed by atoms with Crippen LogP contribution < -0.4 is 15.5 Å². The lowest BCUT2D eigenvalue weighted by atomic mass is 9.85. The van der Waals surface area contributed by atoms with Crippen molar-refractivity contribution >= 4 is 29.2 Å². The summed E-state index contributed by atoms with van der Waals surface area (Å²) in [6.07, 6.45) is 0.933. The van der Waals surface area contributed by atoms with Crippen molar-refractivity contribution in [3.8, 4) is 0 Å². The van der Waals surface area contributed by atoms with Crippen LogP contribution in [0.1, 0.15) is 33.6 Å². The molecule has 2 saturated heterocycles. The lowest BCUT2D eigenvalue weighted by Crippen LogP contribution is -2.59. The van der Waals surface area contributed by atoms with Crippen LogP contribution in [0.25, 0.3) is 0 Å². The fraction of sp³-hybridized carbons (Fsp3) is 0.423. The van der Waals surface area contributed by atoms with E-state index in [0.717, 1.165) is 5.69 Å². The largest absolute Gasteiger partial charge is 0.339 e. The Balaban J connectivity index is 1.50. The molecule has 0 radical (unpaired) electrons. The van der Waals surface area contributed by atoms with Crippen molar-refractivity contribution in [2.75, 3.05) is 36.5 Å². The molecular formula is C26H32FN5O3. The molecule has 8 nitrogen and oxygen atoms in total. The van der Waals surface area contributed by atoms with Crippen LogP contribution in [0, 0.1) is 5.82 Å². The predicted molar refractivity (Wildman–Crippen MR) is 132 cm³/mol. The third kappa shape index (κ3) is 5.39. The van der Waals surface area contributed by atoms with Crippen molar-refractivity contribution in [3.05, 3.63) is 60.4 Å². The molecule has 4 rings (SSSR count). The van der Waals surface area contributed by atoms with E-state index in [0.29, 0.717) is 31.6 Å². The first kappa shape index (κ1) is 24.5. The molecule has 0 aliphatic carbocycles. The summed E-state index contributed by atoms with van der Waals surface area (Å²) in [5.41, 5.74) is 0.196. The van der Waals surface area contributed by atoms with E-state index in [1.165, 1.54) is 24.3 Å². The van der Waals surface area contributed by atoms with Gasteiger partial charge in [0.05, 0.1) is 6.67 Å². The zero-order chi connectivity index (χ0) is 25.2. The van der Waals surface area contributed by atoms with Crippen LogP contribution in [0.2, 0.25) is 0 Å². The molecule has 0 aromatic heterocycles. The second-order valence-corrected chi connectivity index (χ2v) is 10.2. The number of carbonyl (C=O) groups is 3. The number of halogens is 1. The van der Waals surface area contributed by atoms with Gasteiger partial charge in [0.2, 0.25) is 5.91 Å². The highest BCUT2D eigenvalue weighted by Crippen LogP contribution is 2.39. The smallest absolute Gasteiger partial charge is 0.317 e. The van der Waals surface area contributed by atoms with E-state index in [2.05, 4.69) is 15.5 Å². The molecular weight excluding hydrogens is 449 g/mol. The standard InChI is InChI=1S/C26H32FN5O3/c1-25(2,3)29-24(35)30-15-13-26(14-16-30)23(34)31(18-32(26)21-7-5-4-6-8-21)17-22(33)28-20-11-9-19(27)10-12-20/h4-12H,13-18H2,1-3H3,(H,28,33)(H,29,35). The first-order valence-corrected chi connectivity index (χ1v) is 11.8. The number of rotatable bonds is 4. The van der Waals surface area contributed by atoms with Gasteiger partial charge < -0.3 is 25.3 Å². The highest BCUT2D eigenvalue weighted by atomic mass is 19.1. The van der Waals surface area contributed by atoms with Gasteiger partial charge in [0.25, 0.3) is 5.91 Å². The third-order valence-corrected chi connectivity index (χ3v) is 6.40. The summed E-state index contributed by atoms with van der Waals surface area (Å²) in [6, 6.07) is 15.0. The molecule has 1 spiro atoms. The lowest BCUT2D eigenvalue weighted by Gasteiger charge is -2.43. The molecule has 9 heteroatoms. The molecule has 0 atom stereocenters. The van der Waals surface area contributed by atoms with Crippen molar-refractivity contribution in [1.82, 2.24) is 15.1 Å². The van der Waals surface area contributed by atoms with Crippen LogP contribution in [0.4, 0.5) is 20.6 Å². The second-order valence-electron chi connectivity index (χ2n) is 10.2. The Bertz CT molecular complexity index is 1080. The molecule has 2 aliphatic heterocycles. The number of nitrogens with one attached hydrogen (secondary N) is 2. The molecule has 2 heterocycles. The molecule has 35 heavy (non-hydrogen) atoms. The quantitative estimate of drug-likeness (QED) is 0.701. The SMILES string of the molecule is CC(C)(C)NC(=O)N1CCC2(CC1)C(=O)N(CC(=O)Nc1ccc(F)cc1)CN2c1ccccc1.